The van der Waals surface area contributed by atoms with Gasteiger partial charge in [0.1, 0.15) is 13.2 Å². The van der Waals surface area contributed by atoms with E-state index in [1.54, 1.807) is 0 Å². The number of rotatable bonds is 51. The summed E-state index contributed by atoms with van der Waals surface area (Å²) in [5.41, 5.74) is 0. The molecule has 6 nitrogen and oxygen atoms in total. The maximum atomic E-state index is 12.8. The van der Waals surface area contributed by atoms with Gasteiger partial charge in [-0.15, -0.1) is 0 Å². The van der Waals surface area contributed by atoms with Crippen LogP contribution < -0.4 is 0 Å². The fourth-order valence-corrected chi connectivity index (χ4v) is 7.69. The van der Waals surface area contributed by atoms with E-state index in [2.05, 4.69) is 130 Å². The molecule has 0 aliphatic heterocycles. The van der Waals surface area contributed by atoms with E-state index in [9.17, 15) is 14.4 Å². The molecule has 0 rings (SSSR count). The lowest BCUT2D eigenvalue weighted by Gasteiger charge is -2.18. The third kappa shape index (κ3) is 56.6. The van der Waals surface area contributed by atoms with Gasteiger partial charge in [0.2, 0.25) is 0 Å². The highest BCUT2D eigenvalue weighted by Crippen LogP contribution is 2.15. The summed E-state index contributed by atoms with van der Waals surface area (Å²) in [6.45, 7) is 6.30. The number of ether oxygens (including phenoxy) is 3. The minimum absolute atomic E-state index is 0.109. The number of esters is 3. The Hall–Kier alpha value is -4.19. The molecule has 0 heterocycles. The Morgan fingerprint density at radius 2 is 0.577 bits per heavy atom. The minimum Gasteiger partial charge on any atom is -0.462 e. The zero-order chi connectivity index (χ0) is 51.4. The van der Waals surface area contributed by atoms with Crippen LogP contribution in [0.5, 0.6) is 0 Å². The van der Waals surface area contributed by atoms with Crippen LogP contribution in [-0.2, 0) is 28.6 Å². The molecule has 0 aromatic rings. The van der Waals surface area contributed by atoms with Gasteiger partial charge in [0.25, 0.3) is 0 Å². The first-order chi connectivity index (χ1) is 35.0. The van der Waals surface area contributed by atoms with E-state index < -0.39 is 12.1 Å². The lowest BCUT2D eigenvalue weighted by Crippen LogP contribution is -2.30. The molecular weight excluding hydrogens is 877 g/mol. The summed E-state index contributed by atoms with van der Waals surface area (Å²) in [5, 5.41) is 0. The molecule has 0 radical (unpaired) electrons. The van der Waals surface area contributed by atoms with Crippen LogP contribution >= 0.6 is 0 Å². The largest absolute Gasteiger partial charge is 0.462 e. The fourth-order valence-electron chi connectivity index (χ4n) is 7.69. The first kappa shape index (κ1) is 66.8. The van der Waals surface area contributed by atoms with Crippen LogP contribution in [0.2, 0.25) is 0 Å². The third-order valence-corrected chi connectivity index (χ3v) is 12.0. The van der Waals surface area contributed by atoms with Gasteiger partial charge in [0.15, 0.2) is 6.10 Å². The van der Waals surface area contributed by atoms with Crippen molar-refractivity contribution in [1.82, 2.24) is 0 Å². The molecule has 0 amide bonds. The molecule has 402 valence electrons. The molecular formula is C65H106O6. The van der Waals surface area contributed by atoms with Gasteiger partial charge in [-0.25, -0.2) is 0 Å². The van der Waals surface area contributed by atoms with E-state index in [1.165, 1.54) is 103 Å². The molecule has 0 saturated heterocycles. The molecule has 1 unspecified atom stereocenters. The summed E-state index contributed by atoms with van der Waals surface area (Å²) in [4.78, 5) is 37.9. The molecule has 71 heavy (non-hydrogen) atoms. The molecule has 6 heteroatoms. The van der Waals surface area contributed by atoms with Gasteiger partial charge in [0, 0.05) is 19.3 Å². The standard InChI is InChI=1S/C65H106O6/c1-4-7-10-13-16-18-20-22-24-26-28-29-30-31-32-33-34-35-37-38-40-42-44-46-49-52-55-58-64(67)70-61-62(60-69-63(66)57-54-51-48-15-12-9-6-3)71-65(68)59-56-53-50-47-45-43-41-39-36-27-25-23-21-19-17-14-11-8-5-2/h7-8,10-11,16-19,22-25,28-29,36,39,43,45,50,53,62H,4-6,9,12-15,20-21,26-27,30-35,37-38,40-42,44,46-49,51-52,54-61H2,1-3H3/b10-7-,11-8-,18-16-,19-17-,24-22-,25-23-,29-28-,39-36-,45-43-,53-50-. The normalized spacial score (nSPS) is 13.0. The second-order valence-electron chi connectivity index (χ2n) is 18.8. The molecule has 0 spiro atoms. The van der Waals surface area contributed by atoms with Crippen LogP contribution in [0.4, 0.5) is 0 Å². The molecule has 0 aromatic heterocycles. The predicted octanol–water partition coefficient (Wildman–Crippen LogP) is 19.6. The fraction of sp³-hybridized carbons (Fsp3) is 0.646. The van der Waals surface area contributed by atoms with Crippen LogP contribution in [0.25, 0.3) is 0 Å². The number of allylic oxidation sites excluding steroid dienone is 20. The highest BCUT2D eigenvalue weighted by Gasteiger charge is 2.19. The summed E-state index contributed by atoms with van der Waals surface area (Å²) in [6.07, 6.45) is 80.9. The van der Waals surface area contributed by atoms with E-state index in [0.29, 0.717) is 19.3 Å². The average molecular weight is 984 g/mol. The van der Waals surface area contributed by atoms with Gasteiger partial charge in [-0.3, -0.25) is 14.4 Å². The first-order valence-corrected chi connectivity index (χ1v) is 29.0. The summed E-state index contributed by atoms with van der Waals surface area (Å²) in [6, 6.07) is 0. The second-order valence-corrected chi connectivity index (χ2v) is 18.8. The molecule has 0 saturated carbocycles. The lowest BCUT2D eigenvalue weighted by molar-refractivity contribution is -0.166. The van der Waals surface area contributed by atoms with Gasteiger partial charge < -0.3 is 14.2 Å². The Labute approximate surface area is 437 Å². The van der Waals surface area contributed by atoms with Crippen LogP contribution in [0, 0.1) is 0 Å². The molecule has 0 aliphatic carbocycles. The van der Waals surface area contributed by atoms with Gasteiger partial charge in [0.05, 0.1) is 0 Å². The number of carbonyl (C=O) groups is 3. The number of hydrogen-bond acceptors (Lipinski definition) is 6. The molecule has 1 atom stereocenters. The monoisotopic (exact) mass is 983 g/mol. The van der Waals surface area contributed by atoms with E-state index in [1.807, 2.05) is 12.2 Å². The van der Waals surface area contributed by atoms with Crippen molar-refractivity contribution in [3.8, 4) is 0 Å². The van der Waals surface area contributed by atoms with Gasteiger partial charge in [-0.05, 0) is 96.3 Å². The predicted molar refractivity (Wildman–Crippen MR) is 306 cm³/mol. The smallest absolute Gasteiger partial charge is 0.306 e. The maximum absolute atomic E-state index is 12.8. The minimum atomic E-state index is -0.818. The lowest BCUT2D eigenvalue weighted by atomic mass is 10.0. The number of unbranched alkanes of at least 4 members (excludes halogenated alkanes) is 20. The molecule has 0 aliphatic rings. The molecule has 0 fully saturated rings. The van der Waals surface area contributed by atoms with Crippen LogP contribution in [0.15, 0.2) is 122 Å². The van der Waals surface area contributed by atoms with Gasteiger partial charge in [-0.2, -0.15) is 0 Å². The summed E-state index contributed by atoms with van der Waals surface area (Å²) in [5.74, 6) is -1.00. The van der Waals surface area contributed by atoms with Gasteiger partial charge >= 0.3 is 17.9 Å². The van der Waals surface area contributed by atoms with E-state index in [0.717, 1.165) is 103 Å². The molecule has 0 bridgehead atoms. The SMILES string of the molecule is CC/C=C\C/C=C\C/C=C\C/C=C\C/C=C\C/C=C\CCC(=O)OC(COC(=O)CCCCCCCCC)COC(=O)CCCCCCCCCCCCCCCC/C=C\C/C=C\C/C=C\C/C=C\CC. The van der Waals surface area contributed by atoms with E-state index in [4.69, 9.17) is 14.2 Å². The van der Waals surface area contributed by atoms with Gasteiger partial charge in [-0.1, -0.05) is 258 Å². The third-order valence-electron chi connectivity index (χ3n) is 12.0. The van der Waals surface area contributed by atoms with Crippen LogP contribution in [0.3, 0.4) is 0 Å². The molecule has 0 N–H and O–H groups in total. The van der Waals surface area contributed by atoms with E-state index >= 15 is 0 Å². The zero-order valence-electron chi connectivity index (χ0n) is 45.9. The highest BCUT2D eigenvalue weighted by molar-refractivity contribution is 5.71. The Kier molecular flexibility index (Phi) is 54.9. The summed E-state index contributed by atoms with van der Waals surface area (Å²) >= 11 is 0. The van der Waals surface area contributed by atoms with Crippen molar-refractivity contribution < 1.29 is 28.6 Å². The van der Waals surface area contributed by atoms with Crippen molar-refractivity contribution in [1.29, 1.82) is 0 Å². The average Bonchev–Trinajstić information content (AvgIpc) is 3.37. The second kappa shape index (κ2) is 58.4. The number of carbonyl (C=O) groups excluding carboxylic acids is 3. The Morgan fingerprint density at radius 3 is 0.915 bits per heavy atom. The van der Waals surface area contributed by atoms with Crippen molar-refractivity contribution in [3.05, 3.63) is 122 Å². The highest BCUT2D eigenvalue weighted by atomic mass is 16.6. The zero-order valence-corrected chi connectivity index (χ0v) is 45.9. The Bertz CT molecular complexity index is 1500. The summed E-state index contributed by atoms with van der Waals surface area (Å²) in [7, 11) is 0. The summed E-state index contributed by atoms with van der Waals surface area (Å²) < 4.78 is 16.7. The number of hydrogen-bond donors (Lipinski definition) is 0. The Morgan fingerprint density at radius 1 is 0.296 bits per heavy atom. The van der Waals surface area contributed by atoms with Crippen molar-refractivity contribution in [2.75, 3.05) is 13.2 Å². The van der Waals surface area contributed by atoms with Crippen molar-refractivity contribution in [3.63, 3.8) is 0 Å². The van der Waals surface area contributed by atoms with Crippen molar-refractivity contribution in [2.24, 2.45) is 0 Å². The van der Waals surface area contributed by atoms with Crippen LogP contribution in [0.1, 0.15) is 252 Å². The van der Waals surface area contributed by atoms with Crippen LogP contribution in [-0.4, -0.2) is 37.2 Å². The van der Waals surface area contributed by atoms with Crippen molar-refractivity contribution >= 4 is 17.9 Å². The first-order valence-electron chi connectivity index (χ1n) is 29.0. The van der Waals surface area contributed by atoms with E-state index in [-0.39, 0.29) is 31.6 Å². The quantitative estimate of drug-likeness (QED) is 0.0261. The molecule has 0 aromatic carbocycles. The van der Waals surface area contributed by atoms with Crippen molar-refractivity contribution in [2.45, 2.75) is 258 Å². The Balaban J connectivity index is 4.24. The maximum Gasteiger partial charge on any atom is 0.306 e. The topological polar surface area (TPSA) is 78.9 Å².